The van der Waals surface area contributed by atoms with Gasteiger partial charge in [-0.2, -0.15) is 0 Å². The smallest absolute Gasteiger partial charge is 0.308 e. The van der Waals surface area contributed by atoms with Crippen LogP contribution in [0.5, 0.6) is 0 Å². The van der Waals surface area contributed by atoms with Crippen molar-refractivity contribution >= 4 is 5.97 Å². The number of piperidine rings is 1. The normalized spacial score (nSPS) is 26.3. The Kier molecular flexibility index (Phi) is 3.15. The molecule has 3 nitrogen and oxygen atoms in total. The molecule has 0 unspecified atom stereocenters. The Balaban J connectivity index is 2.89. The highest BCUT2D eigenvalue weighted by Crippen LogP contribution is 2.40. The Labute approximate surface area is 92.8 Å². The summed E-state index contributed by atoms with van der Waals surface area (Å²) in [7, 11) is 3.61. The zero-order valence-electron chi connectivity index (χ0n) is 10.8. The first-order valence-corrected chi connectivity index (χ1v) is 5.52. The van der Waals surface area contributed by atoms with Crippen LogP contribution in [0.15, 0.2) is 0 Å². The van der Waals surface area contributed by atoms with Crippen molar-refractivity contribution in [2.45, 2.75) is 51.6 Å². The summed E-state index contributed by atoms with van der Waals surface area (Å²) in [6, 6.07) is 0. The molecule has 0 bridgehead atoms. The number of esters is 1. The van der Waals surface area contributed by atoms with Gasteiger partial charge in [0.25, 0.3) is 0 Å². The predicted octanol–water partition coefficient (Wildman–Crippen LogP) is 2.06. The first kappa shape index (κ1) is 12.5. The van der Waals surface area contributed by atoms with E-state index in [-0.39, 0.29) is 23.0 Å². The van der Waals surface area contributed by atoms with Gasteiger partial charge in [0.1, 0.15) is 0 Å². The molecule has 0 atom stereocenters. The summed E-state index contributed by atoms with van der Waals surface area (Å²) in [5, 5.41) is 0. The van der Waals surface area contributed by atoms with Crippen LogP contribution >= 0.6 is 0 Å². The topological polar surface area (TPSA) is 29.5 Å². The monoisotopic (exact) mass is 213 g/mol. The van der Waals surface area contributed by atoms with E-state index in [1.165, 1.54) is 7.11 Å². The van der Waals surface area contributed by atoms with Crippen molar-refractivity contribution in [1.82, 2.24) is 4.90 Å². The molecular weight excluding hydrogens is 190 g/mol. The van der Waals surface area contributed by atoms with E-state index in [4.69, 9.17) is 4.74 Å². The summed E-state index contributed by atoms with van der Waals surface area (Å²) in [6.45, 7) is 8.74. The van der Waals surface area contributed by atoms with Gasteiger partial charge in [0.05, 0.1) is 13.0 Å². The van der Waals surface area contributed by atoms with Crippen molar-refractivity contribution in [2.24, 2.45) is 5.92 Å². The van der Waals surface area contributed by atoms with Gasteiger partial charge in [-0.15, -0.1) is 0 Å². The largest absolute Gasteiger partial charge is 0.469 e. The maximum absolute atomic E-state index is 11.6. The zero-order valence-corrected chi connectivity index (χ0v) is 10.8. The van der Waals surface area contributed by atoms with Gasteiger partial charge in [0.2, 0.25) is 0 Å². The van der Waals surface area contributed by atoms with E-state index in [2.05, 4.69) is 39.6 Å². The number of likely N-dealkylation sites (tertiary alicyclic amines) is 1. The van der Waals surface area contributed by atoms with E-state index in [9.17, 15) is 4.79 Å². The number of carbonyl (C=O) groups excluding carboxylic acids is 1. The highest BCUT2D eigenvalue weighted by Gasteiger charge is 2.45. The van der Waals surface area contributed by atoms with E-state index >= 15 is 0 Å². The molecule has 0 radical (unpaired) electrons. The molecule has 15 heavy (non-hydrogen) atoms. The Morgan fingerprint density at radius 3 is 1.93 bits per heavy atom. The molecule has 0 aromatic rings. The Bertz CT molecular complexity index is 240. The van der Waals surface area contributed by atoms with Crippen molar-refractivity contribution in [1.29, 1.82) is 0 Å². The van der Waals surface area contributed by atoms with Crippen LogP contribution in [-0.2, 0) is 9.53 Å². The van der Waals surface area contributed by atoms with E-state index < -0.39 is 0 Å². The van der Waals surface area contributed by atoms with E-state index in [1.54, 1.807) is 0 Å². The lowest BCUT2D eigenvalue weighted by atomic mass is 9.74. The van der Waals surface area contributed by atoms with Crippen LogP contribution in [-0.4, -0.2) is 36.1 Å². The fourth-order valence-corrected chi connectivity index (χ4v) is 2.70. The standard InChI is InChI=1S/C12H23NO2/c1-11(2)7-9(10(14)15-6)8-12(3,4)13(11)5/h9H,7-8H2,1-6H3. The van der Waals surface area contributed by atoms with Crippen molar-refractivity contribution in [3.05, 3.63) is 0 Å². The number of methoxy groups -OCH3 is 1. The summed E-state index contributed by atoms with van der Waals surface area (Å²) in [6.07, 6.45) is 1.75. The van der Waals surface area contributed by atoms with Gasteiger partial charge < -0.3 is 4.74 Å². The molecule has 0 amide bonds. The molecule has 1 rings (SSSR count). The summed E-state index contributed by atoms with van der Waals surface area (Å²) in [5.74, 6) is -0.0274. The minimum Gasteiger partial charge on any atom is -0.469 e. The molecule has 0 aromatic carbocycles. The molecule has 1 saturated heterocycles. The maximum Gasteiger partial charge on any atom is 0.308 e. The van der Waals surface area contributed by atoms with Crippen molar-refractivity contribution < 1.29 is 9.53 Å². The third-order valence-electron chi connectivity index (χ3n) is 3.84. The van der Waals surface area contributed by atoms with E-state index in [0.717, 1.165) is 12.8 Å². The van der Waals surface area contributed by atoms with Gasteiger partial charge in [-0.05, 0) is 47.6 Å². The summed E-state index contributed by atoms with van der Waals surface area (Å²) in [4.78, 5) is 14.0. The van der Waals surface area contributed by atoms with Crippen molar-refractivity contribution in [3.8, 4) is 0 Å². The van der Waals surface area contributed by atoms with Crippen molar-refractivity contribution in [2.75, 3.05) is 14.2 Å². The molecule has 1 aliphatic rings. The lowest BCUT2D eigenvalue weighted by Crippen LogP contribution is -2.59. The molecule has 0 spiro atoms. The molecule has 1 aliphatic heterocycles. The second kappa shape index (κ2) is 3.78. The number of ether oxygens (including phenoxy) is 1. The van der Waals surface area contributed by atoms with Gasteiger partial charge >= 0.3 is 5.97 Å². The number of hydrogen-bond acceptors (Lipinski definition) is 3. The lowest BCUT2D eigenvalue weighted by molar-refractivity contribution is -0.152. The fraction of sp³-hybridized carbons (Fsp3) is 0.917. The maximum atomic E-state index is 11.6. The summed E-state index contributed by atoms with van der Waals surface area (Å²) >= 11 is 0. The van der Waals surface area contributed by atoms with Crippen LogP contribution < -0.4 is 0 Å². The number of rotatable bonds is 1. The first-order chi connectivity index (χ1) is 6.70. The number of hydrogen-bond donors (Lipinski definition) is 0. The minimum atomic E-state index is -0.0655. The van der Waals surface area contributed by atoms with Gasteiger partial charge in [0.15, 0.2) is 0 Å². The van der Waals surface area contributed by atoms with Gasteiger partial charge in [-0.1, -0.05) is 0 Å². The van der Waals surface area contributed by atoms with Gasteiger partial charge in [-0.25, -0.2) is 0 Å². The molecule has 1 heterocycles. The molecule has 3 heteroatoms. The fourth-order valence-electron chi connectivity index (χ4n) is 2.70. The number of carbonyl (C=O) groups is 1. The average molecular weight is 213 g/mol. The third kappa shape index (κ3) is 2.33. The molecule has 0 aliphatic carbocycles. The second-order valence-electron chi connectivity index (χ2n) is 5.81. The van der Waals surface area contributed by atoms with Crippen LogP contribution in [0.1, 0.15) is 40.5 Å². The quantitative estimate of drug-likeness (QED) is 0.624. The minimum absolute atomic E-state index is 0.0381. The highest BCUT2D eigenvalue weighted by atomic mass is 16.5. The molecule has 1 fully saturated rings. The van der Waals surface area contributed by atoms with Crippen LogP contribution in [0.2, 0.25) is 0 Å². The second-order valence-corrected chi connectivity index (χ2v) is 5.81. The van der Waals surface area contributed by atoms with Crippen molar-refractivity contribution in [3.63, 3.8) is 0 Å². The van der Waals surface area contributed by atoms with Crippen LogP contribution in [0.25, 0.3) is 0 Å². The van der Waals surface area contributed by atoms with Gasteiger partial charge in [0, 0.05) is 11.1 Å². The third-order valence-corrected chi connectivity index (χ3v) is 3.84. The molecular formula is C12H23NO2. The van der Waals surface area contributed by atoms with E-state index in [0.29, 0.717) is 0 Å². The molecule has 0 N–H and O–H groups in total. The zero-order chi connectivity index (χ0) is 11.9. The Morgan fingerprint density at radius 1 is 1.20 bits per heavy atom. The van der Waals surface area contributed by atoms with Crippen LogP contribution in [0, 0.1) is 5.92 Å². The summed E-state index contributed by atoms with van der Waals surface area (Å²) < 4.78 is 4.85. The predicted molar refractivity (Wildman–Crippen MR) is 60.7 cm³/mol. The molecule has 0 aromatic heterocycles. The summed E-state index contributed by atoms with van der Waals surface area (Å²) in [5.41, 5.74) is 0.112. The van der Waals surface area contributed by atoms with Crippen LogP contribution in [0.4, 0.5) is 0 Å². The Hall–Kier alpha value is -0.570. The average Bonchev–Trinajstić information content (AvgIpc) is 2.11. The molecule has 88 valence electrons. The lowest BCUT2D eigenvalue weighted by Gasteiger charge is -2.53. The van der Waals surface area contributed by atoms with Crippen LogP contribution in [0.3, 0.4) is 0 Å². The Morgan fingerprint density at radius 2 is 1.60 bits per heavy atom. The van der Waals surface area contributed by atoms with Gasteiger partial charge in [-0.3, -0.25) is 9.69 Å². The number of nitrogens with zero attached hydrogens (tertiary/aromatic N) is 1. The first-order valence-electron chi connectivity index (χ1n) is 5.52. The SMILES string of the molecule is COC(=O)C1CC(C)(C)N(C)C(C)(C)C1. The highest BCUT2D eigenvalue weighted by molar-refractivity contribution is 5.72. The molecule has 0 saturated carbocycles. The van der Waals surface area contributed by atoms with E-state index in [1.807, 2.05) is 0 Å².